The van der Waals surface area contributed by atoms with Crippen molar-refractivity contribution in [1.82, 2.24) is 0 Å². The maximum atomic E-state index is 8.66. The SMILES string of the molecule is NCC(CCCSCCO)SCCO. The second-order valence-corrected chi connectivity index (χ2v) is 5.56. The molecule has 0 saturated carbocycles. The zero-order chi connectivity index (χ0) is 10.6. The molecule has 0 aliphatic carbocycles. The average molecular weight is 239 g/mol. The van der Waals surface area contributed by atoms with Crippen molar-refractivity contribution >= 4 is 23.5 Å². The lowest BCUT2D eigenvalue weighted by Crippen LogP contribution is -2.18. The molecule has 0 amide bonds. The van der Waals surface area contributed by atoms with Crippen LogP contribution < -0.4 is 5.73 Å². The van der Waals surface area contributed by atoms with Crippen molar-refractivity contribution in [1.29, 1.82) is 0 Å². The number of thioether (sulfide) groups is 2. The molecule has 0 rings (SSSR count). The third-order valence-corrected chi connectivity index (χ3v) is 4.12. The van der Waals surface area contributed by atoms with Gasteiger partial charge in [0.2, 0.25) is 0 Å². The van der Waals surface area contributed by atoms with E-state index in [0.717, 1.165) is 30.1 Å². The first kappa shape index (κ1) is 14.6. The van der Waals surface area contributed by atoms with Gasteiger partial charge in [-0.25, -0.2) is 0 Å². The standard InChI is InChI=1S/C9H21NO2S2/c10-8-9(14-7-4-12)2-1-5-13-6-3-11/h9,11-12H,1-8,10H2. The Bertz CT molecular complexity index is 117. The molecule has 1 unspecified atom stereocenters. The van der Waals surface area contributed by atoms with Gasteiger partial charge in [-0.2, -0.15) is 23.5 Å². The molecule has 4 N–H and O–H groups in total. The second kappa shape index (κ2) is 11.7. The fourth-order valence-corrected chi connectivity index (χ4v) is 2.68. The molecule has 0 fully saturated rings. The van der Waals surface area contributed by atoms with E-state index in [-0.39, 0.29) is 13.2 Å². The largest absolute Gasteiger partial charge is 0.396 e. The van der Waals surface area contributed by atoms with Crippen LogP contribution in [0.25, 0.3) is 0 Å². The minimum atomic E-state index is 0.237. The first-order chi connectivity index (χ1) is 6.85. The second-order valence-electron chi connectivity index (χ2n) is 2.93. The highest BCUT2D eigenvalue weighted by Crippen LogP contribution is 2.16. The van der Waals surface area contributed by atoms with Gasteiger partial charge in [-0.15, -0.1) is 0 Å². The van der Waals surface area contributed by atoms with E-state index in [0.29, 0.717) is 11.8 Å². The smallest absolute Gasteiger partial charge is 0.0521 e. The number of aliphatic hydroxyl groups is 2. The van der Waals surface area contributed by atoms with Crippen molar-refractivity contribution < 1.29 is 10.2 Å². The third kappa shape index (κ3) is 9.15. The van der Waals surface area contributed by atoms with Crippen LogP contribution in [0.15, 0.2) is 0 Å². The van der Waals surface area contributed by atoms with Gasteiger partial charge in [-0.3, -0.25) is 0 Å². The molecule has 0 saturated heterocycles. The van der Waals surface area contributed by atoms with Crippen molar-refractivity contribution in [2.75, 3.05) is 37.0 Å². The number of rotatable bonds is 10. The van der Waals surface area contributed by atoms with Gasteiger partial charge in [0, 0.05) is 23.3 Å². The zero-order valence-corrected chi connectivity index (χ0v) is 10.2. The van der Waals surface area contributed by atoms with Gasteiger partial charge in [0.25, 0.3) is 0 Å². The lowest BCUT2D eigenvalue weighted by atomic mass is 10.2. The van der Waals surface area contributed by atoms with Crippen molar-refractivity contribution in [2.24, 2.45) is 5.73 Å². The lowest BCUT2D eigenvalue weighted by molar-refractivity contribution is 0.322. The molecule has 0 spiro atoms. The molecule has 0 aromatic rings. The summed E-state index contributed by atoms with van der Waals surface area (Å²) >= 11 is 3.53. The van der Waals surface area contributed by atoms with E-state index in [1.54, 1.807) is 23.5 Å². The summed E-state index contributed by atoms with van der Waals surface area (Å²) < 4.78 is 0. The normalized spacial score (nSPS) is 13.1. The van der Waals surface area contributed by atoms with E-state index in [1.165, 1.54) is 0 Å². The highest BCUT2D eigenvalue weighted by Gasteiger charge is 2.05. The maximum Gasteiger partial charge on any atom is 0.0521 e. The van der Waals surface area contributed by atoms with Crippen LogP contribution in [0.1, 0.15) is 12.8 Å². The summed E-state index contributed by atoms with van der Waals surface area (Å²) in [7, 11) is 0. The van der Waals surface area contributed by atoms with E-state index >= 15 is 0 Å². The van der Waals surface area contributed by atoms with E-state index in [1.807, 2.05) is 0 Å². The Morgan fingerprint density at radius 3 is 2.36 bits per heavy atom. The summed E-state index contributed by atoms with van der Waals surface area (Å²) in [5.74, 6) is 2.71. The van der Waals surface area contributed by atoms with Crippen LogP contribution >= 0.6 is 23.5 Å². The maximum absolute atomic E-state index is 8.66. The van der Waals surface area contributed by atoms with Gasteiger partial charge in [0.15, 0.2) is 0 Å². The molecule has 86 valence electrons. The minimum absolute atomic E-state index is 0.237. The molecule has 0 aliphatic rings. The molecule has 0 aromatic carbocycles. The molecule has 0 aliphatic heterocycles. The summed E-state index contributed by atoms with van der Waals surface area (Å²) in [5, 5.41) is 17.7. The van der Waals surface area contributed by atoms with E-state index in [9.17, 15) is 0 Å². The Kier molecular flexibility index (Phi) is 12.1. The van der Waals surface area contributed by atoms with Crippen LogP contribution in [0, 0.1) is 0 Å². The molecule has 5 heteroatoms. The Morgan fingerprint density at radius 2 is 1.79 bits per heavy atom. The van der Waals surface area contributed by atoms with Gasteiger partial charge in [-0.05, 0) is 18.6 Å². The van der Waals surface area contributed by atoms with Crippen molar-refractivity contribution in [3.63, 3.8) is 0 Å². The predicted molar refractivity (Wildman–Crippen MR) is 66.0 cm³/mol. The number of aliphatic hydroxyl groups excluding tert-OH is 2. The van der Waals surface area contributed by atoms with Crippen LogP contribution in [-0.4, -0.2) is 52.5 Å². The summed E-state index contributed by atoms with van der Waals surface area (Å²) in [6.45, 7) is 1.19. The highest BCUT2D eigenvalue weighted by atomic mass is 32.2. The van der Waals surface area contributed by atoms with Gasteiger partial charge < -0.3 is 15.9 Å². The van der Waals surface area contributed by atoms with Crippen LogP contribution in [0.4, 0.5) is 0 Å². The summed E-state index contributed by atoms with van der Waals surface area (Å²) in [5.41, 5.74) is 5.61. The highest BCUT2D eigenvalue weighted by molar-refractivity contribution is 8.00. The van der Waals surface area contributed by atoms with Crippen molar-refractivity contribution in [3.8, 4) is 0 Å². The Balaban J connectivity index is 3.24. The minimum Gasteiger partial charge on any atom is -0.396 e. The summed E-state index contributed by atoms with van der Waals surface area (Å²) in [6, 6.07) is 0. The monoisotopic (exact) mass is 239 g/mol. The van der Waals surface area contributed by atoms with Crippen molar-refractivity contribution in [2.45, 2.75) is 18.1 Å². The number of hydrogen-bond donors (Lipinski definition) is 3. The molecule has 14 heavy (non-hydrogen) atoms. The lowest BCUT2D eigenvalue weighted by Gasteiger charge is -2.12. The quantitative estimate of drug-likeness (QED) is 0.486. The third-order valence-electron chi connectivity index (χ3n) is 1.76. The Hall–Kier alpha value is 0.580. The average Bonchev–Trinajstić information content (AvgIpc) is 2.22. The predicted octanol–water partition coefficient (Wildman–Crippen LogP) is 0.545. The molecule has 3 nitrogen and oxygen atoms in total. The van der Waals surface area contributed by atoms with Crippen LogP contribution in [0.3, 0.4) is 0 Å². The van der Waals surface area contributed by atoms with E-state index in [2.05, 4.69) is 0 Å². The number of nitrogens with two attached hydrogens (primary N) is 1. The molecule has 0 heterocycles. The molecular formula is C9H21NO2S2. The fourth-order valence-electron chi connectivity index (χ4n) is 1.07. The van der Waals surface area contributed by atoms with Crippen LogP contribution in [0.2, 0.25) is 0 Å². The summed E-state index contributed by atoms with van der Waals surface area (Å²) in [4.78, 5) is 0. The molecular weight excluding hydrogens is 218 g/mol. The number of hydrogen-bond acceptors (Lipinski definition) is 5. The van der Waals surface area contributed by atoms with E-state index < -0.39 is 0 Å². The van der Waals surface area contributed by atoms with Crippen LogP contribution in [0.5, 0.6) is 0 Å². The topological polar surface area (TPSA) is 66.5 Å². The van der Waals surface area contributed by atoms with Gasteiger partial charge in [0.1, 0.15) is 0 Å². The molecule has 1 atom stereocenters. The van der Waals surface area contributed by atoms with E-state index in [4.69, 9.17) is 15.9 Å². The first-order valence-electron chi connectivity index (χ1n) is 4.96. The molecule has 0 radical (unpaired) electrons. The fraction of sp³-hybridized carbons (Fsp3) is 1.00. The molecule has 0 bridgehead atoms. The van der Waals surface area contributed by atoms with Gasteiger partial charge >= 0.3 is 0 Å². The van der Waals surface area contributed by atoms with Crippen molar-refractivity contribution in [3.05, 3.63) is 0 Å². The Morgan fingerprint density at radius 1 is 1.07 bits per heavy atom. The Labute approximate surface area is 94.8 Å². The molecule has 0 aromatic heterocycles. The van der Waals surface area contributed by atoms with Crippen LogP contribution in [-0.2, 0) is 0 Å². The zero-order valence-electron chi connectivity index (χ0n) is 8.52. The summed E-state index contributed by atoms with van der Waals surface area (Å²) in [6.07, 6.45) is 2.25. The van der Waals surface area contributed by atoms with Gasteiger partial charge in [0.05, 0.1) is 13.2 Å². The first-order valence-corrected chi connectivity index (χ1v) is 7.16. The van der Waals surface area contributed by atoms with Gasteiger partial charge in [-0.1, -0.05) is 0 Å².